The van der Waals surface area contributed by atoms with Gasteiger partial charge < -0.3 is 4.90 Å². The molecule has 1 aliphatic carbocycles. The standard InChI is InChI=1S/C24H38N2O2S/c27-29(28,24-12-10-23(11-13-24)22-8-4-3-5-9-22)26-18-14-21(15-19-26)20-25-16-6-1-2-7-17-25/h10-13,21-22H,1-9,14-20H2. The quantitative estimate of drug-likeness (QED) is 0.675. The maximum absolute atomic E-state index is 13.1. The summed E-state index contributed by atoms with van der Waals surface area (Å²) in [7, 11) is -3.35. The minimum Gasteiger partial charge on any atom is -0.303 e. The molecule has 0 unspecified atom stereocenters. The highest BCUT2D eigenvalue weighted by molar-refractivity contribution is 7.89. The van der Waals surface area contributed by atoms with E-state index in [1.165, 1.54) is 76.4 Å². The van der Waals surface area contributed by atoms with Crippen molar-refractivity contribution in [2.45, 2.75) is 81.4 Å². The van der Waals surface area contributed by atoms with Crippen LogP contribution in [-0.2, 0) is 10.0 Å². The molecule has 1 saturated carbocycles. The number of nitrogens with zero attached hydrogens (tertiary/aromatic N) is 2. The lowest BCUT2D eigenvalue weighted by Gasteiger charge is -2.34. The molecule has 2 heterocycles. The molecule has 0 bridgehead atoms. The van der Waals surface area contributed by atoms with Crippen molar-refractivity contribution >= 4 is 10.0 Å². The van der Waals surface area contributed by atoms with Gasteiger partial charge in [0.05, 0.1) is 4.90 Å². The molecule has 0 amide bonds. The van der Waals surface area contributed by atoms with Gasteiger partial charge in [0.15, 0.2) is 0 Å². The Hall–Kier alpha value is -0.910. The normalized spacial score (nSPS) is 24.4. The molecular weight excluding hydrogens is 380 g/mol. The molecule has 4 rings (SSSR count). The number of piperidine rings is 1. The Balaban J connectivity index is 1.32. The van der Waals surface area contributed by atoms with Gasteiger partial charge in [0.1, 0.15) is 0 Å². The van der Waals surface area contributed by atoms with Gasteiger partial charge in [-0.05, 0) is 81.1 Å². The van der Waals surface area contributed by atoms with Crippen LogP contribution in [0, 0.1) is 5.92 Å². The predicted octanol–water partition coefficient (Wildman–Crippen LogP) is 5.01. The molecule has 0 atom stereocenters. The Morgan fingerprint density at radius 1 is 0.724 bits per heavy atom. The molecule has 0 aromatic heterocycles. The first-order valence-corrected chi connectivity index (χ1v) is 13.4. The lowest BCUT2D eigenvalue weighted by atomic mass is 9.84. The highest BCUT2D eigenvalue weighted by atomic mass is 32.2. The molecular formula is C24H38N2O2S. The third kappa shape index (κ3) is 5.42. The molecule has 29 heavy (non-hydrogen) atoms. The van der Waals surface area contributed by atoms with E-state index in [4.69, 9.17) is 0 Å². The second-order valence-corrected chi connectivity index (χ2v) is 11.4. The van der Waals surface area contributed by atoms with Gasteiger partial charge in [-0.25, -0.2) is 8.42 Å². The van der Waals surface area contributed by atoms with E-state index in [1.807, 2.05) is 12.1 Å². The van der Waals surface area contributed by atoms with E-state index < -0.39 is 10.0 Å². The molecule has 5 heteroatoms. The number of hydrogen-bond acceptors (Lipinski definition) is 3. The fourth-order valence-electron chi connectivity index (χ4n) is 5.51. The highest BCUT2D eigenvalue weighted by Gasteiger charge is 2.30. The Morgan fingerprint density at radius 2 is 1.31 bits per heavy atom. The van der Waals surface area contributed by atoms with Gasteiger partial charge in [-0.1, -0.05) is 44.2 Å². The van der Waals surface area contributed by atoms with Gasteiger partial charge in [0.25, 0.3) is 0 Å². The largest absolute Gasteiger partial charge is 0.303 e. The van der Waals surface area contributed by atoms with Crippen LogP contribution in [0.15, 0.2) is 29.2 Å². The van der Waals surface area contributed by atoms with Crippen molar-refractivity contribution in [1.82, 2.24) is 9.21 Å². The molecule has 2 aliphatic heterocycles. The first-order valence-electron chi connectivity index (χ1n) is 12.0. The van der Waals surface area contributed by atoms with Crippen LogP contribution in [0.3, 0.4) is 0 Å². The second kappa shape index (κ2) is 9.93. The third-order valence-electron chi connectivity index (χ3n) is 7.38. The summed E-state index contributed by atoms with van der Waals surface area (Å²) < 4.78 is 28.0. The molecule has 0 N–H and O–H groups in total. The summed E-state index contributed by atoms with van der Waals surface area (Å²) in [5.41, 5.74) is 1.32. The SMILES string of the molecule is O=S(=O)(c1ccc(C2CCCCC2)cc1)N1CCC(CN2CCCCCC2)CC1. The average Bonchev–Trinajstić information content (AvgIpc) is 3.03. The lowest BCUT2D eigenvalue weighted by Crippen LogP contribution is -2.41. The molecule has 162 valence electrons. The smallest absolute Gasteiger partial charge is 0.243 e. The van der Waals surface area contributed by atoms with E-state index in [9.17, 15) is 8.42 Å². The minimum absolute atomic E-state index is 0.475. The van der Waals surface area contributed by atoms with Crippen LogP contribution < -0.4 is 0 Å². The Bertz CT molecular complexity index is 725. The van der Waals surface area contributed by atoms with Crippen molar-refractivity contribution in [3.8, 4) is 0 Å². The average molecular weight is 419 g/mol. The summed E-state index contributed by atoms with van der Waals surface area (Å²) in [6, 6.07) is 7.83. The topological polar surface area (TPSA) is 40.6 Å². The van der Waals surface area contributed by atoms with Crippen molar-refractivity contribution in [3.63, 3.8) is 0 Å². The Morgan fingerprint density at radius 3 is 1.93 bits per heavy atom. The van der Waals surface area contributed by atoms with Crippen molar-refractivity contribution in [1.29, 1.82) is 0 Å². The molecule has 0 spiro atoms. The zero-order valence-corrected chi connectivity index (χ0v) is 18.7. The van der Waals surface area contributed by atoms with Crippen LogP contribution >= 0.6 is 0 Å². The summed E-state index contributed by atoms with van der Waals surface area (Å²) in [6.07, 6.45) is 13.8. The van der Waals surface area contributed by atoms with Crippen LogP contribution in [0.4, 0.5) is 0 Å². The van der Waals surface area contributed by atoms with Crippen LogP contribution in [0.5, 0.6) is 0 Å². The first kappa shape index (κ1) is 21.3. The van der Waals surface area contributed by atoms with E-state index in [0.717, 1.165) is 19.4 Å². The van der Waals surface area contributed by atoms with E-state index in [-0.39, 0.29) is 0 Å². The summed E-state index contributed by atoms with van der Waals surface area (Å²) >= 11 is 0. The highest BCUT2D eigenvalue weighted by Crippen LogP contribution is 2.33. The van der Waals surface area contributed by atoms with E-state index in [1.54, 1.807) is 4.31 Å². The molecule has 3 aliphatic rings. The van der Waals surface area contributed by atoms with Crippen molar-refractivity contribution in [2.75, 3.05) is 32.7 Å². The zero-order chi connectivity index (χ0) is 20.1. The van der Waals surface area contributed by atoms with Gasteiger partial charge in [0.2, 0.25) is 10.0 Å². The van der Waals surface area contributed by atoms with E-state index in [2.05, 4.69) is 17.0 Å². The number of likely N-dealkylation sites (tertiary alicyclic amines) is 1. The molecule has 2 saturated heterocycles. The number of rotatable bonds is 5. The van der Waals surface area contributed by atoms with Crippen LogP contribution in [0.2, 0.25) is 0 Å². The lowest BCUT2D eigenvalue weighted by molar-refractivity contribution is 0.186. The summed E-state index contributed by atoms with van der Waals surface area (Å²) in [5, 5.41) is 0. The Labute approximate surface area is 177 Å². The van der Waals surface area contributed by atoms with Gasteiger partial charge in [-0.3, -0.25) is 0 Å². The maximum Gasteiger partial charge on any atom is 0.243 e. The summed E-state index contributed by atoms with van der Waals surface area (Å²) in [5.74, 6) is 1.27. The fraction of sp³-hybridized carbons (Fsp3) is 0.750. The van der Waals surface area contributed by atoms with Crippen molar-refractivity contribution in [2.24, 2.45) is 5.92 Å². The first-order chi connectivity index (χ1) is 14.1. The van der Waals surface area contributed by atoms with Crippen LogP contribution in [0.25, 0.3) is 0 Å². The predicted molar refractivity (Wildman–Crippen MR) is 119 cm³/mol. The maximum atomic E-state index is 13.1. The van der Waals surface area contributed by atoms with Gasteiger partial charge in [-0.15, -0.1) is 0 Å². The minimum atomic E-state index is -3.35. The summed E-state index contributed by atoms with van der Waals surface area (Å²) in [6.45, 7) is 4.96. The summed E-state index contributed by atoms with van der Waals surface area (Å²) in [4.78, 5) is 3.09. The van der Waals surface area contributed by atoms with E-state index >= 15 is 0 Å². The van der Waals surface area contributed by atoms with Crippen molar-refractivity contribution in [3.05, 3.63) is 29.8 Å². The number of sulfonamides is 1. The fourth-order valence-corrected chi connectivity index (χ4v) is 6.98. The number of benzene rings is 1. The van der Waals surface area contributed by atoms with Gasteiger partial charge >= 0.3 is 0 Å². The molecule has 0 radical (unpaired) electrons. The molecule has 1 aromatic rings. The molecule has 3 fully saturated rings. The molecule has 4 nitrogen and oxygen atoms in total. The van der Waals surface area contributed by atoms with E-state index in [0.29, 0.717) is 29.8 Å². The Kier molecular flexibility index (Phi) is 7.30. The third-order valence-corrected chi connectivity index (χ3v) is 9.30. The van der Waals surface area contributed by atoms with Gasteiger partial charge in [0, 0.05) is 19.6 Å². The van der Waals surface area contributed by atoms with Gasteiger partial charge in [-0.2, -0.15) is 4.31 Å². The zero-order valence-electron chi connectivity index (χ0n) is 17.9. The number of hydrogen-bond donors (Lipinski definition) is 0. The van der Waals surface area contributed by atoms with Crippen LogP contribution in [-0.4, -0.2) is 50.3 Å². The van der Waals surface area contributed by atoms with Crippen LogP contribution in [0.1, 0.15) is 82.1 Å². The monoisotopic (exact) mass is 418 g/mol. The molecule has 1 aromatic carbocycles. The van der Waals surface area contributed by atoms with Crippen molar-refractivity contribution < 1.29 is 8.42 Å². The second-order valence-electron chi connectivity index (χ2n) is 9.47.